The second-order valence-corrected chi connectivity index (χ2v) is 3.82. The van der Waals surface area contributed by atoms with E-state index in [0.29, 0.717) is 11.1 Å². The Morgan fingerprint density at radius 3 is 2.35 bits per heavy atom. The van der Waals surface area contributed by atoms with Crippen molar-refractivity contribution in [3.05, 3.63) is 59.2 Å². The molecule has 2 aromatic carbocycles. The Morgan fingerprint density at radius 2 is 1.71 bits per heavy atom. The molecule has 0 aliphatic heterocycles. The highest BCUT2D eigenvalue weighted by atomic mass is 14.3. The van der Waals surface area contributed by atoms with E-state index < -0.39 is 0 Å². The van der Waals surface area contributed by atoms with Crippen LogP contribution in [0.15, 0.2) is 42.5 Å². The van der Waals surface area contributed by atoms with Gasteiger partial charge in [0.25, 0.3) is 0 Å². The first kappa shape index (κ1) is 10.9. The summed E-state index contributed by atoms with van der Waals surface area (Å²) in [6.45, 7) is 2.00. The number of nitriles is 2. The molecule has 2 aromatic rings. The SMILES string of the molecule is Cc1cccc(-c2cccc(C#N)c2C#N)c1. The Bertz CT molecular complexity index is 643. The van der Waals surface area contributed by atoms with E-state index >= 15 is 0 Å². The van der Waals surface area contributed by atoms with Crippen LogP contribution in [-0.2, 0) is 0 Å². The third kappa shape index (κ3) is 2.02. The van der Waals surface area contributed by atoms with Gasteiger partial charge in [0.1, 0.15) is 12.1 Å². The number of hydrogen-bond donors (Lipinski definition) is 0. The summed E-state index contributed by atoms with van der Waals surface area (Å²) >= 11 is 0. The van der Waals surface area contributed by atoms with Crippen molar-refractivity contribution in [3.8, 4) is 23.3 Å². The van der Waals surface area contributed by atoms with Crippen molar-refractivity contribution in [2.45, 2.75) is 6.92 Å². The van der Waals surface area contributed by atoms with Gasteiger partial charge < -0.3 is 0 Å². The number of aryl methyl sites for hydroxylation is 1. The molecule has 0 N–H and O–H groups in total. The molecule has 0 heterocycles. The van der Waals surface area contributed by atoms with Gasteiger partial charge in [-0.05, 0) is 18.6 Å². The molecule has 0 saturated heterocycles. The summed E-state index contributed by atoms with van der Waals surface area (Å²) in [6.07, 6.45) is 0. The Hall–Kier alpha value is -2.58. The molecule has 0 aliphatic carbocycles. The highest BCUT2D eigenvalue weighted by Gasteiger charge is 2.09. The second-order valence-electron chi connectivity index (χ2n) is 3.82. The smallest absolute Gasteiger partial charge is 0.101 e. The molecule has 17 heavy (non-hydrogen) atoms. The van der Waals surface area contributed by atoms with Crippen LogP contribution in [-0.4, -0.2) is 0 Å². The third-order valence-electron chi connectivity index (χ3n) is 2.63. The third-order valence-corrected chi connectivity index (χ3v) is 2.63. The Balaban J connectivity index is 2.69. The summed E-state index contributed by atoms with van der Waals surface area (Å²) < 4.78 is 0. The van der Waals surface area contributed by atoms with E-state index in [1.807, 2.05) is 43.3 Å². The monoisotopic (exact) mass is 218 g/mol. The fourth-order valence-corrected chi connectivity index (χ4v) is 1.82. The lowest BCUT2D eigenvalue weighted by Gasteiger charge is -2.06. The van der Waals surface area contributed by atoms with Crippen LogP contribution in [0.1, 0.15) is 16.7 Å². The van der Waals surface area contributed by atoms with Crippen LogP contribution >= 0.6 is 0 Å². The van der Waals surface area contributed by atoms with Crippen LogP contribution in [0.5, 0.6) is 0 Å². The Morgan fingerprint density at radius 1 is 0.941 bits per heavy atom. The van der Waals surface area contributed by atoms with Crippen LogP contribution < -0.4 is 0 Å². The van der Waals surface area contributed by atoms with Crippen LogP contribution in [0.2, 0.25) is 0 Å². The molecule has 0 fully saturated rings. The average molecular weight is 218 g/mol. The molecule has 0 bridgehead atoms. The molecule has 2 nitrogen and oxygen atoms in total. The van der Waals surface area contributed by atoms with E-state index in [2.05, 4.69) is 6.07 Å². The first-order chi connectivity index (χ1) is 8.26. The van der Waals surface area contributed by atoms with Crippen LogP contribution in [0.4, 0.5) is 0 Å². The van der Waals surface area contributed by atoms with Crippen molar-refractivity contribution in [1.82, 2.24) is 0 Å². The maximum Gasteiger partial charge on any atom is 0.101 e. The predicted molar refractivity (Wildman–Crippen MR) is 66.0 cm³/mol. The molecule has 0 radical (unpaired) electrons. The van der Waals surface area contributed by atoms with Gasteiger partial charge >= 0.3 is 0 Å². The highest BCUT2D eigenvalue weighted by molar-refractivity contribution is 5.73. The Labute approximate surface area is 100 Å². The van der Waals surface area contributed by atoms with Crippen molar-refractivity contribution in [2.24, 2.45) is 0 Å². The maximum absolute atomic E-state index is 9.16. The van der Waals surface area contributed by atoms with Crippen LogP contribution in [0, 0.1) is 29.6 Å². The van der Waals surface area contributed by atoms with Gasteiger partial charge in [-0.2, -0.15) is 10.5 Å². The summed E-state index contributed by atoms with van der Waals surface area (Å²) in [5.41, 5.74) is 3.79. The quantitative estimate of drug-likeness (QED) is 0.736. The number of rotatable bonds is 1. The predicted octanol–water partition coefficient (Wildman–Crippen LogP) is 3.41. The van der Waals surface area contributed by atoms with Crippen molar-refractivity contribution in [3.63, 3.8) is 0 Å². The van der Waals surface area contributed by atoms with Gasteiger partial charge in [0.05, 0.1) is 11.1 Å². The van der Waals surface area contributed by atoms with E-state index in [-0.39, 0.29) is 0 Å². The van der Waals surface area contributed by atoms with E-state index in [9.17, 15) is 0 Å². The zero-order chi connectivity index (χ0) is 12.3. The van der Waals surface area contributed by atoms with Gasteiger partial charge in [0, 0.05) is 5.56 Å². The Kier molecular flexibility index (Phi) is 2.90. The fourth-order valence-electron chi connectivity index (χ4n) is 1.82. The summed E-state index contributed by atoms with van der Waals surface area (Å²) in [5.74, 6) is 0. The number of hydrogen-bond acceptors (Lipinski definition) is 2. The van der Waals surface area contributed by atoms with E-state index in [1.165, 1.54) is 0 Å². The number of nitrogens with zero attached hydrogens (tertiary/aromatic N) is 2. The minimum Gasteiger partial charge on any atom is -0.192 e. The van der Waals surface area contributed by atoms with Gasteiger partial charge in [-0.3, -0.25) is 0 Å². The van der Waals surface area contributed by atoms with Gasteiger partial charge in [0.15, 0.2) is 0 Å². The topological polar surface area (TPSA) is 47.6 Å². The lowest BCUT2D eigenvalue weighted by molar-refractivity contribution is 1.41. The first-order valence-corrected chi connectivity index (χ1v) is 5.26. The zero-order valence-electron chi connectivity index (χ0n) is 9.44. The first-order valence-electron chi connectivity index (χ1n) is 5.26. The van der Waals surface area contributed by atoms with E-state index in [4.69, 9.17) is 10.5 Å². The summed E-state index contributed by atoms with van der Waals surface area (Å²) in [6, 6.07) is 17.4. The molecule has 0 spiro atoms. The normalized spacial score (nSPS) is 9.35. The molecule has 0 aliphatic rings. The molecule has 0 atom stereocenters. The number of benzene rings is 2. The van der Waals surface area contributed by atoms with E-state index in [0.717, 1.165) is 16.7 Å². The molecular formula is C15H10N2. The average Bonchev–Trinajstić information content (AvgIpc) is 2.37. The second kappa shape index (κ2) is 4.51. The molecule has 0 saturated carbocycles. The highest BCUT2D eigenvalue weighted by Crippen LogP contribution is 2.26. The van der Waals surface area contributed by atoms with Crippen LogP contribution in [0.3, 0.4) is 0 Å². The minimum atomic E-state index is 0.423. The van der Waals surface area contributed by atoms with Crippen molar-refractivity contribution in [2.75, 3.05) is 0 Å². The lowest BCUT2D eigenvalue weighted by atomic mass is 9.96. The maximum atomic E-state index is 9.16. The summed E-state index contributed by atoms with van der Waals surface area (Å²) in [4.78, 5) is 0. The molecule has 0 unspecified atom stereocenters. The van der Waals surface area contributed by atoms with Gasteiger partial charge in [-0.25, -0.2) is 0 Å². The van der Waals surface area contributed by atoms with Crippen LogP contribution in [0.25, 0.3) is 11.1 Å². The molecule has 2 rings (SSSR count). The standard InChI is InChI=1S/C15H10N2/c1-11-4-2-5-12(8-11)14-7-3-6-13(9-16)15(14)10-17/h2-8H,1H3. The van der Waals surface area contributed by atoms with Gasteiger partial charge in [0.2, 0.25) is 0 Å². The van der Waals surface area contributed by atoms with Crippen molar-refractivity contribution >= 4 is 0 Å². The minimum absolute atomic E-state index is 0.423. The fraction of sp³-hybridized carbons (Fsp3) is 0.0667. The van der Waals surface area contributed by atoms with Crippen molar-refractivity contribution in [1.29, 1.82) is 10.5 Å². The van der Waals surface area contributed by atoms with Gasteiger partial charge in [-0.1, -0.05) is 42.0 Å². The molecular weight excluding hydrogens is 208 g/mol. The largest absolute Gasteiger partial charge is 0.192 e. The molecule has 0 aromatic heterocycles. The summed E-state index contributed by atoms with van der Waals surface area (Å²) in [7, 11) is 0. The molecule has 80 valence electrons. The van der Waals surface area contributed by atoms with E-state index in [1.54, 1.807) is 12.1 Å². The summed E-state index contributed by atoms with van der Waals surface area (Å²) in [5, 5.41) is 18.1. The lowest BCUT2D eigenvalue weighted by Crippen LogP contribution is -1.89. The van der Waals surface area contributed by atoms with Gasteiger partial charge in [-0.15, -0.1) is 0 Å². The van der Waals surface area contributed by atoms with Crippen molar-refractivity contribution < 1.29 is 0 Å². The molecule has 0 amide bonds. The molecule has 2 heteroatoms. The zero-order valence-corrected chi connectivity index (χ0v) is 9.44.